The van der Waals surface area contributed by atoms with Crippen LogP contribution in [0.1, 0.15) is 27.4 Å². The number of fused-ring (bicyclic) bond motifs is 1. The van der Waals surface area contributed by atoms with E-state index in [-0.39, 0.29) is 11.7 Å². The lowest BCUT2D eigenvalue weighted by molar-refractivity contribution is 0.0895. The van der Waals surface area contributed by atoms with Crippen molar-refractivity contribution in [3.8, 4) is 17.2 Å². The van der Waals surface area contributed by atoms with E-state index in [2.05, 4.69) is 0 Å². The monoisotopic (exact) mass is 298 g/mol. The zero-order valence-electron chi connectivity index (χ0n) is 12.9. The fourth-order valence-electron chi connectivity index (χ4n) is 2.79. The van der Waals surface area contributed by atoms with Crippen molar-refractivity contribution in [2.45, 2.75) is 12.8 Å². The van der Waals surface area contributed by atoms with E-state index in [4.69, 9.17) is 14.2 Å². The molecule has 0 bridgehead atoms. The van der Waals surface area contributed by atoms with Crippen LogP contribution in [0.5, 0.6) is 17.2 Å². The van der Waals surface area contributed by atoms with Crippen molar-refractivity contribution in [1.82, 2.24) is 0 Å². The van der Waals surface area contributed by atoms with E-state index in [1.54, 1.807) is 14.2 Å². The van der Waals surface area contributed by atoms with Crippen LogP contribution < -0.4 is 14.2 Å². The molecule has 1 unspecified atom stereocenters. The second-order valence-corrected chi connectivity index (χ2v) is 5.29. The Kier molecular flexibility index (Phi) is 3.75. The summed E-state index contributed by atoms with van der Waals surface area (Å²) >= 11 is 0. The number of methoxy groups -OCH3 is 2. The Morgan fingerprint density at radius 2 is 1.86 bits per heavy atom. The van der Waals surface area contributed by atoms with Crippen LogP contribution in [0.25, 0.3) is 0 Å². The molecule has 0 aliphatic carbocycles. The molecule has 0 saturated heterocycles. The normalized spacial score (nSPS) is 16.7. The lowest BCUT2D eigenvalue weighted by Crippen LogP contribution is -2.26. The molecule has 0 fully saturated rings. The van der Waals surface area contributed by atoms with Gasteiger partial charge in [-0.25, -0.2) is 0 Å². The first-order valence-corrected chi connectivity index (χ1v) is 7.14. The van der Waals surface area contributed by atoms with Crippen LogP contribution in [0.2, 0.25) is 0 Å². The number of ketones is 1. The van der Waals surface area contributed by atoms with Crippen LogP contribution >= 0.6 is 0 Å². The van der Waals surface area contributed by atoms with Gasteiger partial charge >= 0.3 is 0 Å². The van der Waals surface area contributed by atoms with Crippen LogP contribution in [-0.4, -0.2) is 26.6 Å². The highest BCUT2D eigenvalue weighted by Crippen LogP contribution is 2.37. The van der Waals surface area contributed by atoms with E-state index < -0.39 is 0 Å². The van der Waals surface area contributed by atoms with Gasteiger partial charge in [-0.05, 0) is 36.2 Å². The standard InChI is InChI=1S/C18H18O4/c1-11-5-4-6-13-17(19)14(10-22-18(11)13)12-7-8-15(20-2)16(9-12)21-3/h4-9,14H,10H2,1-3H3. The minimum atomic E-state index is -0.325. The van der Waals surface area contributed by atoms with Crippen LogP contribution in [0, 0.1) is 6.92 Å². The molecule has 1 aliphatic heterocycles. The van der Waals surface area contributed by atoms with Gasteiger partial charge in [0, 0.05) is 0 Å². The predicted molar refractivity (Wildman–Crippen MR) is 83.3 cm³/mol. The third-order valence-corrected chi connectivity index (χ3v) is 4.00. The van der Waals surface area contributed by atoms with Crippen molar-refractivity contribution in [3.05, 3.63) is 53.1 Å². The van der Waals surface area contributed by atoms with Crippen molar-refractivity contribution >= 4 is 5.78 Å². The van der Waals surface area contributed by atoms with Crippen LogP contribution in [0.4, 0.5) is 0 Å². The third kappa shape index (κ3) is 2.30. The Balaban J connectivity index is 1.99. The van der Waals surface area contributed by atoms with Gasteiger partial charge in [-0.15, -0.1) is 0 Å². The highest BCUT2D eigenvalue weighted by atomic mass is 16.5. The van der Waals surface area contributed by atoms with Crippen LogP contribution in [0.3, 0.4) is 0 Å². The van der Waals surface area contributed by atoms with Crippen molar-refractivity contribution in [3.63, 3.8) is 0 Å². The molecule has 0 N–H and O–H groups in total. The average Bonchev–Trinajstić information content (AvgIpc) is 2.55. The summed E-state index contributed by atoms with van der Waals surface area (Å²) in [5.74, 6) is 1.71. The summed E-state index contributed by atoms with van der Waals surface area (Å²) in [6, 6.07) is 11.2. The molecule has 22 heavy (non-hydrogen) atoms. The number of ether oxygens (including phenoxy) is 3. The molecule has 0 saturated carbocycles. The Morgan fingerprint density at radius 1 is 1.09 bits per heavy atom. The molecule has 0 spiro atoms. The molecule has 114 valence electrons. The lowest BCUT2D eigenvalue weighted by Gasteiger charge is -2.26. The molecule has 4 nitrogen and oxygen atoms in total. The minimum Gasteiger partial charge on any atom is -0.493 e. The number of carbonyl (C=O) groups is 1. The maximum Gasteiger partial charge on any atom is 0.177 e. The van der Waals surface area contributed by atoms with Crippen molar-refractivity contribution < 1.29 is 19.0 Å². The fourth-order valence-corrected chi connectivity index (χ4v) is 2.79. The Hall–Kier alpha value is -2.49. The number of hydrogen-bond acceptors (Lipinski definition) is 4. The molecular weight excluding hydrogens is 280 g/mol. The topological polar surface area (TPSA) is 44.8 Å². The number of hydrogen-bond donors (Lipinski definition) is 0. The Labute approximate surface area is 129 Å². The van der Waals surface area contributed by atoms with Gasteiger partial charge in [0.2, 0.25) is 0 Å². The van der Waals surface area contributed by atoms with Crippen molar-refractivity contribution in [1.29, 1.82) is 0 Å². The van der Waals surface area contributed by atoms with Crippen LogP contribution in [0.15, 0.2) is 36.4 Å². The number of Topliss-reactive ketones (excluding diaryl/α,β-unsaturated/α-hetero) is 1. The zero-order valence-corrected chi connectivity index (χ0v) is 12.9. The molecule has 2 aromatic rings. The summed E-state index contributed by atoms with van der Waals surface area (Å²) < 4.78 is 16.4. The summed E-state index contributed by atoms with van der Waals surface area (Å²) in [5, 5.41) is 0. The van der Waals surface area contributed by atoms with Gasteiger partial charge < -0.3 is 14.2 Å². The van der Waals surface area contributed by atoms with Crippen LogP contribution in [-0.2, 0) is 0 Å². The maximum atomic E-state index is 12.8. The van der Waals surface area contributed by atoms with Gasteiger partial charge in [-0.3, -0.25) is 4.79 Å². The molecule has 3 rings (SSSR count). The Morgan fingerprint density at radius 3 is 2.59 bits per heavy atom. The molecule has 1 heterocycles. The van der Waals surface area contributed by atoms with E-state index in [9.17, 15) is 4.79 Å². The summed E-state index contributed by atoms with van der Waals surface area (Å²) in [5.41, 5.74) is 2.50. The molecule has 1 aliphatic rings. The first kappa shape index (κ1) is 14.4. The number of para-hydroxylation sites is 1. The van der Waals surface area contributed by atoms with E-state index in [0.717, 1.165) is 11.1 Å². The summed E-state index contributed by atoms with van der Waals surface area (Å²) in [7, 11) is 3.17. The first-order chi connectivity index (χ1) is 10.7. The second-order valence-electron chi connectivity index (χ2n) is 5.29. The van der Waals surface area contributed by atoms with Gasteiger partial charge in [0.1, 0.15) is 12.4 Å². The largest absolute Gasteiger partial charge is 0.493 e. The zero-order chi connectivity index (χ0) is 15.7. The number of rotatable bonds is 3. The molecule has 0 radical (unpaired) electrons. The first-order valence-electron chi connectivity index (χ1n) is 7.14. The van der Waals surface area contributed by atoms with Crippen molar-refractivity contribution in [2.24, 2.45) is 0 Å². The highest BCUT2D eigenvalue weighted by molar-refractivity contribution is 6.04. The summed E-state index contributed by atoms with van der Waals surface area (Å²) in [6.45, 7) is 2.29. The summed E-state index contributed by atoms with van der Waals surface area (Å²) in [6.07, 6.45) is 0. The molecular formula is C18H18O4. The lowest BCUT2D eigenvalue weighted by atomic mass is 9.88. The van der Waals surface area contributed by atoms with E-state index in [1.807, 2.05) is 43.3 Å². The quantitative estimate of drug-likeness (QED) is 0.871. The molecule has 4 heteroatoms. The highest BCUT2D eigenvalue weighted by Gasteiger charge is 2.31. The van der Waals surface area contributed by atoms with Gasteiger partial charge in [-0.2, -0.15) is 0 Å². The smallest absolute Gasteiger partial charge is 0.177 e. The molecule has 1 atom stereocenters. The molecule has 0 aromatic heterocycles. The van der Waals surface area contributed by atoms with E-state index in [0.29, 0.717) is 29.4 Å². The molecule has 0 amide bonds. The third-order valence-electron chi connectivity index (χ3n) is 4.00. The molecule has 2 aromatic carbocycles. The second kappa shape index (κ2) is 5.72. The number of benzene rings is 2. The fraction of sp³-hybridized carbons (Fsp3) is 0.278. The minimum absolute atomic E-state index is 0.0807. The summed E-state index contributed by atoms with van der Waals surface area (Å²) in [4.78, 5) is 12.8. The van der Waals surface area contributed by atoms with Gasteiger partial charge in [-0.1, -0.05) is 18.2 Å². The SMILES string of the molecule is COc1ccc(C2COc3c(C)cccc3C2=O)cc1OC. The number of carbonyl (C=O) groups excluding carboxylic acids is 1. The van der Waals surface area contributed by atoms with Crippen molar-refractivity contribution in [2.75, 3.05) is 20.8 Å². The maximum absolute atomic E-state index is 12.8. The number of aryl methyl sites for hydroxylation is 1. The van der Waals surface area contributed by atoms with Gasteiger partial charge in [0.25, 0.3) is 0 Å². The van der Waals surface area contributed by atoms with Gasteiger partial charge in [0.15, 0.2) is 17.3 Å². The van der Waals surface area contributed by atoms with Gasteiger partial charge in [0.05, 0.1) is 25.7 Å². The predicted octanol–water partition coefficient (Wildman–Crippen LogP) is 3.37. The van der Waals surface area contributed by atoms with E-state index >= 15 is 0 Å². The van der Waals surface area contributed by atoms with E-state index in [1.165, 1.54) is 0 Å². The average molecular weight is 298 g/mol. The Bertz CT molecular complexity index is 721.